The van der Waals surface area contributed by atoms with E-state index >= 15 is 0 Å². The van der Waals surface area contributed by atoms with Crippen molar-refractivity contribution in [3.63, 3.8) is 0 Å². The Labute approximate surface area is 160 Å². The molecular weight excluding hydrogens is 348 g/mol. The summed E-state index contributed by atoms with van der Waals surface area (Å²) < 4.78 is 5.75. The zero-order valence-corrected chi connectivity index (χ0v) is 16.0. The van der Waals surface area contributed by atoms with E-state index < -0.39 is 6.10 Å². The van der Waals surface area contributed by atoms with E-state index in [-0.39, 0.29) is 0 Å². The number of para-hydroxylation sites is 1. The van der Waals surface area contributed by atoms with Gasteiger partial charge in [0.1, 0.15) is 18.5 Å². The third-order valence-corrected chi connectivity index (χ3v) is 5.10. The zero-order valence-electron chi connectivity index (χ0n) is 15.3. The molecule has 0 spiro atoms. The van der Waals surface area contributed by atoms with Crippen molar-refractivity contribution in [1.29, 1.82) is 0 Å². The monoisotopic (exact) mass is 374 g/mol. The number of hydrogen-bond donors (Lipinski definition) is 1. The van der Waals surface area contributed by atoms with Crippen molar-refractivity contribution in [2.75, 3.05) is 44.2 Å². The van der Waals surface area contributed by atoms with Crippen LogP contribution in [0.4, 0.5) is 5.69 Å². The molecule has 0 saturated carbocycles. The van der Waals surface area contributed by atoms with Crippen LogP contribution in [0.3, 0.4) is 0 Å². The number of ether oxygens (including phenoxy) is 1. The summed E-state index contributed by atoms with van der Waals surface area (Å²) in [6.45, 7) is 6.71. The number of hydrogen-bond acceptors (Lipinski definition) is 4. The van der Waals surface area contributed by atoms with Gasteiger partial charge in [-0.3, -0.25) is 4.90 Å². The van der Waals surface area contributed by atoms with Crippen molar-refractivity contribution in [1.82, 2.24) is 4.90 Å². The first-order chi connectivity index (χ1) is 12.7. The molecular formula is C21H27ClN2O2. The van der Waals surface area contributed by atoms with Gasteiger partial charge in [0.25, 0.3) is 0 Å². The van der Waals surface area contributed by atoms with Gasteiger partial charge in [0.2, 0.25) is 0 Å². The molecule has 0 radical (unpaired) electrons. The maximum atomic E-state index is 10.3. The highest BCUT2D eigenvalue weighted by atomic mass is 35.5. The van der Waals surface area contributed by atoms with E-state index in [0.717, 1.165) is 49.1 Å². The molecule has 1 heterocycles. The fourth-order valence-electron chi connectivity index (χ4n) is 3.28. The predicted octanol–water partition coefficient (Wildman–Crippen LogP) is 3.46. The SMILES string of the molecule is CCc1cccc(OCC(O)CN2CCN(c3ccccc3Cl)CC2)c1. The van der Waals surface area contributed by atoms with Gasteiger partial charge in [0.15, 0.2) is 0 Å². The minimum absolute atomic E-state index is 0.317. The first-order valence-electron chi connectivity index (χ1n) is 9.27. The van der Waals surface area contributed by atoms with Crippen LogP contribution in [-0.2, 0) is 6.42 Å². The highest BCUT2D eigenvalue weighted by Crippen LogP contribution is 2.26. The number of nitrogens with zero attached hydrogens (tertiary/aromatic N) is 2. The summed E-state index contributed by atoms with van der Waals surface area (Å²) in [5, 5.41) is 11.1. The van der Waals surface area contributed by atoms with E-state index in [1.165, 1.54) is 5.56 Å². The minimum Gasteiger partial charge on any atom is -0.491 e. The first-order valence-corrected chi connectivity index (χ1v) is 9.65. The van der Waals surface area contributed by atoms with Crippen molar-refractivity contribution >= 4 is 17.3 Å². The second kappa shape index (κ2) is 9.26. The molecule has 1 aliphatic rings. The van der Waals surface area contributed by atoms with E-state index in [2.05, 4.69) is 28.9 Å². The van der Waals surface area contributed by atoms with Gasteiger partial charge in [0, 0.05) is 32.7 Å². The molecule has 1 atom stereocenters. The maximum Gasteiger partial charge on any atom is 0.119 e. The van der Waals surface area contributed by atoms with Gasteiger partial charge in [-0.15, -0.1) is 0 Å². The van der Waals surface area contributed by atoms with Crippen LogP contribution in [0.5, 0.6) is 5.75 Å². The average Bonchev–Trinajstić information content (AvgIpc) is 2.68. The lowest BCUT2D eigenvalue weighted by molar-refractivity contribution is 0.0663. The van der Waals surface area contributed by atoms with Gasteiger partial charge in [-0.1, -0.05) is 42.8 Å². The fraction of sp³-hybridized carbons (Fsp3) is 0.429. The third kappa shape index (κ3) is 5.13. The van der Waals surface area contributed by atoms with E-state index in [0.29, 0.717) is 13.2 Å². The molecule has 0 aliphatic carbocycles. The highest BCUT2D eigenvalue weighted by Gasteiger charge is 2.20. The Morgan fingerprint density at radius 3 is 2.58 bits per heavy atom. The van der Waals surface area contributed by atoms with Gasteiger partial charge in [-0.05, 0) is 36.2 Å². The van der Waals surface area contributed by atoms with Crippen LogP contribution < -0.4 is 9.64 Å². The van der Waals surface area contributed by atoms with Crippen LogP contribution in [0, 0.1) is 0 Å². The molecule has 140 valence electrons. The van der Waals surface area contributed by atoms with Crippen molar-refractivity contribution in [3.05, 3.63) is 59.1 Å². The Hall–Kier alpha value is -1.75. The van der Waals surface area contributed by atoms with Crippen LogP contribution in [0.15, 0.2) is 48.5 Å². The number of aryl methyl sites for hydroxylation is 1. The number of benzene rings is 2. The van der Waals surface area contributed by atoms with Crippen LogP contribution in [0.2, 0.25) is 5.02 Å². The summed E-state index contributed by atoms with van der Waals surface area (Å²) in [6, 6.07) is 16.0. The lowest BCUT2D eigenvalue weighted by Gasteiger charge is -2.37. The van der Waals surface area contributed by atoms with Gasteiger partial charge in [0.05, 0.1) is 10.7 Å². The van der Waals surface area contributed by atoms with Gasteiger partial charge in [-0.2, -0.15) is 0 Å². The average molecular weight is 375 g/mol. The molecule has 0 amide bonds. The second-order valence-corrected chi connectivity index (χ2v) is 7.11. The maximum absolute atomic E-state index is 10.3. The Kier molecular flexibility index (Phi) is 6.78. The predicted molar refractivity (Wildman–Crippen MR) is 107 cm³/mol. The summed E-state index contributed by atoms with van der Waals surface area (Å²) in [4.78, 5) is 4.59. The Balaban J connectivity index is 1.43. The van der Waals surface area contributed by atoms with Crippen LogP contribution >= 0.6 is 11.6 Å². The number of piperazine rings is 1. The number of rotatable bonds is 7. The summed E-state index contributed by atoms with van der Waals surface area (Å²) in [5.41, 5.74) is 2.33. The molecule has 1 saturated heterocycles. The fourth-order valence-corrected chi connectivity index (χ4v) is 3.53. The van der Waals surface area contributed by atoms with E-state index in [4.69, 9.17) is 16.3 Å². The lowest BCUT2D eigenvalue weighted by atomic mass is 10.2. The number of aliphatic hydroxyl groups is 1. The summed E-state index contributed by atoms with van der Waals surface area (Å²) >= 11 is 6.29. The second-order valence-electron chi connectivity index (χ2n) is 6.70. The molecule has 1 unspecified atom stereocenters. The topological polar surface area (TPSA) is 35.9 Å². The molecule has 0 aromatic heterocycles. The van der Waals surface area contributed by atoms with E-state index in [9.17, 15) is 5.11 Å². The Morgan fingerprint density at radius 1 is 1.08 bits per heavy atom. The van der Waals surface area contributed by atoms with Gasteiger partial charge < -0.3 is 14.7 Å². The summed E-state index contributed by atoms with van der Waals surface area (Å²) in [7, 11) is 0. The number of anilines is 1. The Bertz CT molecular complexity index is 702. The summed E-state index contributed by atoms with van der Waals surface area (Å²) in [5.74, 6) is 0.826. The standard InChI is InChI=1S/C21H27ClN2O2/c1-2-17-6-5-7-19(14-17)26-16-18(25)15-23-10-12-24(13-11-23)21-9-4-3-8-20(21)22/h3-9,14,18,25H,2,10-13,15-16H2,1H3. The molecule has 26 heavy (non-hydrogen) atoms. The molecule has 1 fully saturated rings. The van der Waals surface area contributed by atoms with E-state index in [1.807, 2.05) is 36.4 Å². The summed E-state index contributed by atoms with van der Waals surface area (Å²) in [6.07, 6.45) is 0.488. The van der Waals surface area contributed by atoms with Crippen LogP contribution in [0.25, 0.3) is 0 Å². The Morgan fingerprint density at radius 2 is 1.85 bits per heavy atom. The minimum atomic E-state index is -0.493. The van der Waals surface area contributed by atoms with E-state index in [1.54, 1.807) is 0 Å². The normalized spacial score (nSPS) is 16.5. The molecule has 2 aromatic rings. The number of β-amino-alcohol motifs (C(OH)–C–C–N with tert-alkyl or cyclic N) is 1. The van der Waals surface area contributed by atoms with Crippen molar-refractivity contribution in [3.8, 4) is 5.75 Å². The quantitative estimate of drug-likeness (QED) is 0.805. The van der Waals surface area contributed by atoms with Gasteiger partial charge >= 0.3 is 0 Å². The molecule has 2 aromatic carbocycles. The van der Waals surface area contributed by atoms with Crippen molar-refractivity contribution in [2.45, 2.75) is 19.4 Å². The molecule has 4 nitrogen and oxygen atoms in total. The smallest absolute Gasteiger partial charge is 0.119 e. The number of halogens is 1. The molecule has 1 aliphatic heterocycles. The number of aliphatic hydroxyl groups excluding tert-OH is 1. The highest BCUT2D eigenvalue weighted by molar-refractivity contribution is 6.33. The molecule has 1 N–H and O–H groups in total. The molecule has 5 heteroatoms. The van der Waals surface area contributed by atoms with Crippen molar-refractivity contribution < 1.29 is 9.84 Å². The largest absolute Gasteiger partial charge is 0.491 e. The van der Waals surface area contributed by atoms with Crippen molar-refractivity contribution in [2.24, 2.45) is 0 Å². The third-order valence-electron chi connectivity index (χ3n) is 4.78. The molecule has 3 rings (SSSR count). The lowest BCUT2D eigenvalue weighted by Crippen LogP contribution is -2.49. The van der Waals surface area contributed by atoms with Crippen LogP contribution in [0.1, 0.15) is 12.5 Å². The van der Waals surface area contributed by atoms with Gasteiger partial charge in [-0.25, -0.2) is 0 Å². The molecule has 0 bridgehead atoms. The zero-order chi connectivity index (χ0) is 18.4. The first kappa shape index (κ1) is 19.0. The van der Waals surface area contributed by atoms with Crippen LogP contribution in [-0.4, -0.2) is 55.4 Å².